The van der Waals surface area contributed by atoms with E-state index in [-0.39, 0.29) is 10.9 Å². The molecule has 3 atom stereocenters. The first-order valence-electron chi connectivity index (χ1n) is 5.99. The van der Waals surface area contributed by atoms with E-state index in [1.165, 1.54) is 12.8 Å². The molecular formula is C12H21NO2S. The lowest BCUT2D eigenvalue weighted by atomic mass is 9.70. The van der Waals surface area contributed by atoms with Gasteiger partial charge in [0.05, 0.1) is 4.87 Å². The van der Waals surface area contributed by atoms with Crippen LogP contribution in [0.15, 0.2) is 0 Å². The van der Waals surface area contributed by atoms with Crippen molar-refractivity contribution in [2.45, 2.75) is 50.9 Å². The summed E-state index contributed by atoms with van der Waals surface area (Å²) >= 11 is 1.82. The van der Waals surface area contributed by atoms with Crippen molar-refractivity contribution in [3.63, 3.8) is 0 Å². The second-order valence-electron chi connectivity index (χ2n) is 6.01. The molecule has 1 aliphatic carbocycles. The molecule has 2 aliphatic rings. The fourth-order valence-electron chi connectivity index (χ4n) is 3.04. The number of rotatable bonds is 1. The predicted octanol–water partition coefficient (Wildman–Crippen LogP) is 2.32. The number of carboxylic acids is 1. The Morgan fingerprint density at radius 2 is 2.12 bits per heavy atom. The first-order valence-corrected chi connectivity index (χ1v) is 6.98. The minimum Gasteiger partial charge on any atom is -0.480 e. The lowest BCUT2D eigenvalue weighted by molar-refractivity contribution is -0.139. The first kappa shape index (κ1) is 12.2. The second-order valence-corrected chi connectivity index (χ2v) is 7.36. The van der Waals surface area contributed by atoms with Gasteiger partial charge < -0.3 is 5.11 Å². The van der Waals surface area contributed by atoms with Gasteiger partial charge >= 0.3 is 5.97 Å². The molecule has 0 aromatic carbocycles. The molecule has 0 aromatic heterocycles. The summed E-state index contributed by atoms with van der Waals surface area (Å²) in [7, 11) is 0. The summed E-state index contributed by atoms with van der Waals surface area (Å²) in [5.74, 6) is 0.548. The normalized spacial score (nSPS) is 42.4. The van der Waals surface area contributed by atoms with Crippen molar-refractivity contribution in [3.8, 4) is 0 Å². The zero-order chi connectivity index (χ0) is 12.0. The van der Waals surface area contributed by atoms with Crippen LogP contribution < -0.4 is 5.32 Å². The Hall–Kier alpha value is -0.220. The quantitative estimate of drug-likeness (QED) is 0.742. The van der Waals surface area contributed by atoms with Crippen molar-refractivity contribution in [1.82, 2.24) is 5.32 Å². The van der Waals surface area contributed by atoms with Gasteiger partial charge in [-0.2, -0.15) is 0 Å². The van der Waals surface area contributed by atoms with Crippen LogP contribution in [0, 0.1) is 11.3 Å². The van der Waals surface area contributed by atoms with E-state index in [1.54, 1.807) is 0 Å². The van der Waals surface area contributed by atoms with Gasteiger partial charge in [-0.25, -0.2) is 0 Å². The molecule has 2 N–H and O–H groups in total. The lowest BCUT2D eigenvalue weighted by Gasteiger charge is -2.46. The first-order chi connectivity index (χ1) is 7.35. The highest BCUT2D eigenvalue weighted by molar-refractivity contribution is 8.01. The Morgan fingerprint density at radius 1 is 1.44 bits per heavy atom. The van der Waals surface area contributed by atoms with E-state index < -0.39 is 5.97 Å². The average molecular weight is 243 g/mol. The fourth-order valence-corrected chi connectivity index (χ4v) is 4.57. The molecular weight excluding hydrogens is 222 g/mol. The van der Waals surface area contributed by atoms with Gasteiger partial charge in [-0.1, -0.05) is 20.8 Å². The van der Waals surface area contributed by atoms with Gasteiger partial charge in [-0.05, 0) is 30.6 Å². The van der Waals surface area contributed by atoms with Gasteiger partial charge in [-0.15, -0.1) is 11.8 Å². The molecule has 16 heavy (non-hydrogen) atoms. The monoisotopic (exact) mass is 243 g/mol. The molecule has 1 heterocycles. The van der Waals surface area contributed by atoms with Gasteiger partial charge in [-0.3, -0.25) is 10.1 Å². The molecule has 4 heteroatoms. The number of aliphatic carboxylic acids is 1. The molecule has 1 spiro atoms. The third-order valence-corrected chi connectivity index (χ3v) is 5.79. The van der Waals surface area contributed by atoms with Crippen LogP contribution in [0.1, 0.15) is 40.0 Å². The van der Waals surface area contributed by atoms with Crippen LogP contribution in [0.3, 0.4) is 0 Å². The molecule has 2 fully saturated rings. The third-order valence-electron chi connectivity index (χ3n) is 4.05. The molecule has 2 unspecified atom stereocenters. The van der Waals surface area contributed by atoms with Crippen LogP contribution in [-0.2, 0) is 4.79 Å². The van der Waals surface area contributed by atoms with Crippen molar-refractivity contribution in [3.05, 3.63) is 0 Å². The smallest absolute Gasteiger partial charge is 0.321 e. The molecule has 92 valence electrons. The van der Waals surface area contributed by atoms with Crippen molar-refractivity contribution < 1.29 is 9.90 Å². The Bertz CT molecular complexity index is 305. The van der Waals surface area contributed by atoms with Crippen LogP contribution in [0.5, 0.6) is 0 Å². The summed E-state index contributed by atoms with van der Waals surface area (Å²) in [5.41, 5.74) is 0.411. The maximum atomic E-state index is 11.0. The maximum absolute atomic E-state index is 11.0. The number of carboxylic acid groups (broad SMARTS) is 1. The Kier molecular flexibility index (Phi) is 2.99. The summed E-state index contributed by atoms with van der Waals surface area (Å²) in [6.45, 7) is 6.88. The number of nitrogens with one attached hydrogen (secondary N) is 1. The maximum Gasteiger partial charge on any atom is 0.321 e. The summed E-state index contributed by atoms with van der Waals surface area (Å²) in [5, 5.41) is 12.4. The van der Waals surface area contributed by atoms with Crippen LogP contribution in [-0.4, -0.2) is 27.7 Å². The Morgan fingerprint density at radius 3 is 2.62 bits per heavy atom. The van der Waals surface area contributed by atoms with Gasteiger partial charge in [0, 0.05) is 5.75 Å². The number of carbonyl (C=O) groups is 1. The second kappa shape index (κ2) is 3.91. The minimum absolute atomic E-state index is 0.0264. The fraction of sp³-hybridized carbons (Fsp3) is 0.917. The Labute approximate surface area is 101 Å². The van der Waals surface area contributed by atoms with Crippen molar-refractivity contribution in [2.75, 3.05) is 5.75 Å². The van der Waals surface area contributed by atoms with Gasteiger partial charge in [0.15, 0.2) is 0 Å². The summed E-state index contributed by atoms with van der Waals surface area (Å²) in [6, 6.07) is -0.353. The molecule has 0 amide bonds. The van der Waals surface area contributed by atoms with E-state index in [1.807, 2.05) is 11.8 Å². The summed E-state index contributed by atoms with van der Waals surface area (Å²) in [4.78, 5) is 11.0. The van der Waals surface area contributed by atoms with Crippen molar-refractivity contribution >= 4 is 17.7 Å². The minimum atomic E-state index is -0.707. The van der Waals surface area contributed by atoms with Crippen LogP contribution in [0.4, 0.5) is 0 Å². The van der Waals surface area contributed by atoms with Crippen LogP contribution in [0.25, 0.3) is 0 Å². The van der Waals surface area contributed by atoms with E-state index >= 15 is 0 Å². The van der Waals surface area contributed by atoms with Crippen LogP contribution >= 0.6 is 11.8 Å². The molecule has 3 nitrogen and oxygen atoms in total. The van der Waals surface area contributed by atoms with Gasteiger partial charge in [0.25, 0.3) is 0 Å². The molecule has 1 saturated carbocycles. The van der Waals surface area contributed by atoms with E-state index in [0.717, 1.165) is 6.42 Å². The predicted molar refractivity (Wildman–Crippen MR) is 66.5 cm³/mol. The molecule has 1 saturated heterocycles. The van der Waals surface area contributed by atoms with E-state index in [4.69, 9.17) is 5.11 Å². The highest BCUT2D eigenvalue weighted by Crippen LogP contribution is 2.51. The molecule has 0 radical (unpaired) electrons. The molecule has 2 rings (SSSR count). The standard InChI is InChI=1S/C12H21NO2S/c1-8-6-11(2,3)4-5-12(8)13-9(7-16-12)10(14)15/h8-9,13H,4-7H2,1-3H3,(H,14,15)/t8?,9-,12?/m1/s1. The largest absolute Gasteiger partial charge is 0.480 e. The Balaban J connectivity index is 2.08. The molecule has 0 bridgehead atoms. The zero-order valence-corrected chi connectivity index (χ0v) is 11.1. The highest BCUT2D eigenvalue weighted by Gasteiger charge is 2.49. The van der Waals surface area contributed by atoms with E-state index in [0.29, 0.717) is 17.1 Å². The topological polar surface area (TPSA) is 49.3 Å². The summed E-state index contributed by atoms with van der Waals surface area (Å²) < 4.78 is 0. The van der Waals surface area contributed by atoms with Crippen molar-refractivity contribution in [1.29, 1.82) is 0 Å². The lowest BCUT2D eigenvalue weighted by Crippen LogP contribution is -2.52. The SMILES string of the molecule is CC1CC(C)(C)CCC12N[C@@H](C(=O)O)CS2. The average Bonchev–Trinajstić information content (AvgIpc) is 2.58. The zero-order valence-electron chi connectivity index (χ0n) is 10.2. The van der Waals surface area contributed by atoms with Crippen molar-refractivity contribution in [2.24, 2.45) is 11.3 Å². The van der Waals surface area contributed by atoms with E-state index in [2.05, 4.69) is 26.1 Å². The number of hydrogen-bond acceptors (Lipinski definition) is 3. The van der Waals surface area contributed by atoms with Crippen LogP contribution in [0.2, 0.25) is 0 Å². The summed E-state index contributed by atoms with van der Waals surface area (Å²) in [6.07, 6.45) is 3.46. The van der Waals surface area contributed by atoms with Gasteiger partial charge in [0.2, 0.25) is 0 Å². The molecule has 0 aromatic rings. The number of hydrogen-bond donors (Lipinski definition) is 2. The van der Waals surface area contributed by atoms with E-state index in [9.17, 15) is 4.79 Å². The highest BCUT2D eigenvalue weighted by atomic mass is 32.2. The molecule has 1 aliphatic heterocycles. The third kappa shape index (κ3) is 2.09. The number of thioether (sulfide) groups is 1. The van der Waals surface area contributed by atoms with Gasteiger partial charge in [0.1, 0.15) is 6.04 Å².